The van der Waals surface area contributed by atoms with Crippen LogP contribution in [0.5, 0.6) is 5.75 Å². The third kappa shape index (κ3) is 4.14. The van der Waals surface area contributed by atoms with Gasteiger partial charge in [-0.2, -0.15) is 0 Å². The number of aromatic nitrogens is 1. The minimum atomic E-state index is -0.679. The molecule has 28 heavy (non-hydrogen) atoms. The van der Waals surface area contributed by atoms with Gasteiger partial charge in [0, 0.05) is 12.1 Å². The summed E-state index contributed by atoms with van der Waals surface area (Å²) in [5.74, 6) is -0.507. The molecule has 0 saturated carbocycles. The van der Waals surface area contributed by atoms with Crippen LogP contribution in [0.25, 0.3) is 0 Å². The zero-order valence-electron chi connectivity index (χ0n) is 15.1. The topological polar surface area (TPSA) is 108 Å². The molecule has 2 aromatic carbocycles. The zero-order chi connectivity index (χ0) is 20.3. The molecule has 1 amide bonds. The Kier molecular flexibility index (Phi) is 5.35. The molecule has 0 fully saturated rings. The van der Waals surface area contributed by atoms with Crippen molar-refractivity contribution >= 4 is 17.3 Å². The number of benzene rings is 2. The van der Waals surface area contributed by atoms with Gasteiger partial charge in [0.1, 0.15) is 29.6 Å². The number of nitro benzene ring substituents is 1. The van der Waals surface area contributed by atoms with Gasteiger partial charge < -0.3 is 14.6 Å². The molecule has 0 spiro atoms. The second-order valence-electron chi connectivity index (χ2n) is 6.04. The Balaban J connectivity index is 1.81. The molecule has 0 bridgehead atoms. The van der Waals surface area contributed by atoms with Crippen molar-refractivity contribution in [3.63, 3.8) is 0 Å². The lowest BCUT2D eigenvalue weighted by atomic mass is 10.1. The van der Waals surface area contributed by atoms with E-state index in [1.807, 2.05) is 0 Å². The van der Waals surface area contributed by atoms with Crippen LogP contribution < -0.4 is 10.1 Å². The van der Waals surface area contributed by atoms with Crippen LogP contribution in [0.1, 0.15) is 27.4 Å². The number of rotatable bonds is 6. The second-order valence-corrected chi connectivity index (χ2v) is 6.04. The fourth-order valence-electron chi connectivity index (χ4n) is 2.53. The van der Waals surface area contributed by atoms with Crippen molar-refractivity contribution in [1.82, 2.24) is 5.16 Å². The van der Waals surface area contributed by atoms with Crippen LogP contribution in [0.3, 0.4) is 0 Å². The maximum Gasteiger partial charge on any atom is 0.293 e. The predicted molar refractivity (Wildman–Crippen MR) is 97.8 cm³/mol. The number of halogens is 1. The number of hydrogen-bond donors (Lipinski definition) is 1. The number of amides is 1. The van der Waals surface area contributed by atoms with E-state index in [4.69, 9.17) is 9.26 Å². The molecule has 0 aliphatic heterocycles. The highest BCUT2D eigenvalue weighted by atomic mass is 19.1. The minimum absolute atomic E-state index is 0.0400. The van der Waals surface area contributed by atoms with Crippen LogP contribution in [0.4, 0.5) is 15.8 Å². The first-order valence-electron chi connectivity index (χ1n) is 8.25. The van der Waals surface area contributed by atoms with Gasteiger partial charge >= 0.3 is 0 Å². The van der Waals surface area contributed by atoms with Crippen molar-refractivity contribution in [2.24, 2.45) is 0 Å². The first kappa shape index (κ1) is 19.0. The van der Waals surface area contributed by atoms with Crippen LogP contribution in [-0.4, -0.2) is 16.0 Å². The van der Waals surface area contributed by atoms with E-state index in [0.717, 1.165) is 0 Å². The first-order chi connectivity index (χ1) is 13.3. The molecule has 144 valence electrons. The minimum Gasteiger partial charge on any atom is -0.489 e. The fraction of sp³-hybridized carbons (Fsp3) is 0.158. The predicted octanol–water partition coefficient (Wildman–Crippen LogP) is 4.17. The summed E-state index contributed by atoms with van der Waals surface area (Å²) in [6.45, 7) is 3.22. The second kappa shape index (κ2) is 7.87. The zero-order valence-corrected chi connectivity index (χ0v) is 15.1. The van der Waals surface area contributed by atoms with Gasteiger partial charge in [0.25, 0.3) is 11.6 Å². The Morgan fingerprint density at radius 1 is 1.29 bits per heavy atom. The molecular formula is C19H16FN3O5. The van der Waals surface area contributed by atoms with Gasteiger partial charge in [-0.25, -0.2) is 4.39 Å². The van der Waals surface area contributed by atoms with Gasteiger partial charge in [-0.1, -0.05) is 17.3 Å². The summed E-state index contributed by atoms with van der Waals surface area (Å²) < 4.78 is 23.8. The van der Waals surface area contributed by atoms with Crippen molar-refractivity contribution < 1.29 is 23.4 Å². The molecule has 3 aromatic rings. The fourth-order valence-corrected chi connectivity index (χ4v) is 2.53. The highest BCUT2D eigenvalue weighted by Crippen LogP contribution is 2.26. The van der Waals surface area contributed by atoms with Gasteiger partial charge in [-0.3, -0.25) is 14.9 Å². The molecule has 0 atom stereocenters. The van der Waals surface area contributed by atoms with E-state index in [1.165, 1.54) is 30.3 Å². The highest BCUT2D eigenvalue weighted by molar-refractivity contribution is 6.05. The Bertz CT molecular complexity index is 1050. The Morgan fingerprint density at radius 3 is 2.79 bits per heavy atom. The van der Waals surface area contributed by atoms with Crippen LogP contribution in [0.15, 0.2) is 47.0 Å². The number of nitrogens with one attached hydrogen (secondary N) is 1. The summed E-state index contributed by atoms with van der Waals surface area (Å²) in [5, 5.41) is 17.4. The normalized spacial score (nSPS) is 10.5. The third-order valence-electron chi connectivity index (χ3n) is 3.98. The van der Waals surface area contributed by atoms with Crippen LogP contribution in [-0.2, 0) is 6.61 Å². The van der Waals surface area contributed by atoms with E-state index >= 15 is 0 Å². The van der Waals surface area contributed by atoms with Crippen LogP contribution in [0.2, 0.25) is 0 Å². The number of anilines is 1. The summed E-state index contributed by atoms with van der Waals surface area (Å²) in [4.78, 5) is 23.2. The summed E-state index contributed by atoms with van der Waals surface area (Å²) in [6.07, 6.45) is 0. The molecule has 0 radical (unpaired) electrons. The highest BCUT2D eigenvalue weighted by Gasteiger charge is 2.23. The average Bonchev–Trinajstić information content (AvgIpc) is 3.02. The summed E-state index contributed by atoms with van der Waals surface area (Å²) in [5.41, 5.74) is 0.788. The van der Waals surface area contributed by atoms with Gasteiger partial charge in [0.2, 0.25) is 0 Å². The summed E-state index contributed by atoms with van der Waals surface area (Å²) in [7, 11) is 0. The first-order valence-corrected chi connectivity index (χ1v) is 8.25. The van der Waals surface area contributed by atoms with Gasteiger partial charge in [0.05, 0.1) is 10.5 Å². The van der Waals surface area contributed by atoms with Gasteiger partial charge in [-0.15, -0.1) is 0 Å². The molecule has 1 aromatic heterocycles. The van der Waals surface area contributed by atoms with Crippen molar-refractivity contribution in [2.45, 2.75) is 20.5 Å². The number of carbonyl (C=O) groups is 1. The van der Waals surface area contributed by atoms with E-state index in [0.29, 0.717) is 16.9 Å². The Morgan fingerprint density at radius 2 is 2.07 bits per heavy atom. The number of nitro groups is 1. The molecule has 9 heteroatoms. The molecule has 0 aliphatic carbocycles. The molecular weight excluding hydrogens is 369 g/mol. The lowest BCUT2D eigenvalue weighted by molar-refractivity contribution is -0.384. The Labute approximate surface area is 159 Å². The number of hydrogen-bond acceptors (Lipinski definition) is 6. The van der Waals surface area contributed by atoms with E-state index in [-0.39, 0.29) is 29.4 Å². The largest absolute Gasteiger partial charge is 0.489 e. The summed E-state index contributed by atoms with van der Waals surface area (Å²) >= 11 is 0. The van der Waals surface area contributed by atoms with E-state index < -0.39 is 16.6 Å². The quantitative estimate of drug-likeness (QED) is 0.504. The van der Waals surface area contributed by atoms with Crippen molar-refractivity contribution in [1.29, 1.82) is 0 Å². The van der Waals surface area contributed by atoms with Crippen molar-refractivity contribution in [3.05, 3.63) is 81.0 Å². The van der Waals surface area contributed by atoms with E-state index in [1.54, 1.807) is 26.0 Å². The number of nitrogens with zero attached hydrogens (tertiary/aromatic N) is 2. The number of ether oxygens (including phenoxy) is 1. The monoisotopic (exact) mass is 385 g/mol. The smallest absolute Gasteiger partial charge is 0.293 e. The molecule has 0 aliphatic rings. The molecule has 8 nitrogen and oxygen atoms in total. The van der Waals surface area contributed by atoms with E-state index in [9.17, 15) is 19.3 Å². The molecule has 1 heterocycles. The lowest BCUT2D eigenvalue weighted by Crippen LogP contribution is -2.16. The molecule has 0 saturated heterocycles. The SMILES string of the molecule is Cc1ccc(NC(=O)c2noc(C)c2COc2cccc(F)c2)c([N+](=O)[O-])c1. The van der Waals surface area contributed by atoms with Gasteiger partial charge in [-0.05, 0) is 37.6 Å². The maximum absolute atomic E-state index is 13.3. The molecule has 3 rings (SSSR count). The number of aryl methyl sites for hydroxylation is 2. The third-order valence-corrected chi connectivity index (χ3v) is 3.98. The summed E-state index contributed by atoms with van der Waals surface area (Å²) in [6, 6.07) is 10.0. The maximum atomic E-state index is 13.3. The standard InChI is InChI=1S/C19H16FN3O5/c1-11-6-7-16(17(8-11)23(25)26)21-19(24)18-15(12(2)28-22-18)10-27-14-5-3-4-13(20)9-14/h3-9H,10H2,1-2H3,(H,21,24). The van der Waals surface area contributed by atoms with Crippen molar-refractivity contribution in [2.75, 3.05) is 5.32 Å². The van der Waals surface area contributed by atoms with Crippen LogP contribution >= 0.6 is 0 Å². The lowest BCUT2D eigenvalue weighted by Gasteiger charge is -2.08. The Hall–Kier alpha value is -3.75. The molecule has 0 unspecified atom stereocenters. The van der Waals surface area contributed by atoms with Crippen LogP contribution in [0, 0.1) is 29.8 Å². The average molecular weight is 385 g/mol. The van der Waals surface area contributed by atoms with Gasteiger partial charge in [0.15, 0.2) is 5.69 Å². The number of carbonyl (C=O) groups excluding carboxylic acids is 1. The van der Waals surface area contributed by atoms with Crippen molar-refractivity contribution in [3.8, 4) is 5.75 Å². The van der Waals surface area contributed by atoms with E-state index in [2.05, 4.69) is 10.5 Å². The molecule has 1 N–H and O–H groups in total.